The molecule has 1 aliphatic heterocycles. The standard InChI is InChI=1S/C32H41N5O6S2/c1-20-16-26(43-7)25(30(40)37-14-12-36(13-15-37)22(3)38)17-27(20)45(41,42)28-19-34-31(44-28)35-29(39)24-10-8-23(9-11-24)18-33-21(2)32(4,5)6/h8-11,16-17,19,21,33H,12-15,18H2,1-7H3,(H,34,35,39). The number of carbonyl (C=O) groups is 3. The highest BCUT2D eigenvalue weighted by molar-refractivity contribution is 7.93. The zero-order valence-electron chi connectivity index (χ0n) is 26.8. The zero-order valence-corrected chi connectivity index (χ0v) is 28.4. The summed E-state index contributed by atoms with van der Waals surface area (Å²) in [6.07, 6.45) is 1.20. The van der Waals surface area contributed by atoms with Crippen molar-refractivity contribution < 1.29 is 27.5 Å². The molecule has 2 heterocycles. The van der Waals surface area contributed by atoms with Crippen LogP contribution >= 0.6 is 11.3 Å². The van der Waals surface area contributed by atoms with Crippen molar-refractivity contribution in [3.8, 4) is 5.75 Å². The van der Waals surface area contributed by atoms with Gasteiger partial charge in [0.15, 0.2) is 5.13 Å². The Labute approximate surface area is 268 Å². The van der Waals surface area contributed by atoms with E-state index in [1.807, 2.05) is 12.1 Å². The molecule has 1 aromatic heterocycles. The van der Waals surface area contributed by atoms with Crippen LogP contribution in [0.4, 0.5) is 5.13 Å². The molecular formula is C32H41N5O6S2. The highest BCUT2D eigenvalue weighted by Crippen LogP contribution is 2.34. The molecule has 242 valence electrons. The minimum Gasteiger partial charge on any atom is -0.496 e. The molecule has 1 fully saturated rings. The third kappa shape index (κ3) is 7.89. The Morgan fingerprint density at radius 1 is 1.04 bits per heavy atom. The van der Waals surface area contributed by atoms with Crippen molar-refractivity contribution in [2.75, 3.05) is 38.6 Å². The van der Waals surface area contributed by atoms with E-state index in [4.69, 9.17) is 4.74 Å². The topological polar surface area (TPSA) is 138 Å². The third-order valence-electron chi connectivity index (χ3n) is 8.13. The summed E-state index contributed by atoms with van der Waals surface area (Å²) in [4.78, 5) is 45.4. The number of anilines is 1. The van der Waals surface area contributed by atoms with Gasteiger partial charge >= 0.3 is 0 Å². The molecule has 2 N–H and O–H groups in total. The van der Waals surface area contributed by atoms with E-state index < -0.39 is 15.7 Å². The molecule has 1 atom stereocenters. The summed E-state index contributed by atoms with van der Waals surface area (Å²) < 4.78 is 32.8. The normalized spacial score (nSPS) is 14.6. The Balaban J connectivity index is 1.48. The Morgan fingerprint density at radius 2 is 1.67 bits per heavy atom. The van der Waals surface area contributed by atoms with E-state index in [-0.39, 0.29) is 42.8 Å². The molecule has 45 heavy (non-hydrogen) atoms. The number of nitrogens with zero attached hydrogens (tertiary/aromatic N) is 3. The van der Waals surface area contributed by atoms with Crippen LogP contribution in [0.15, 0.2) is 51.7 Å². The Hall–Kier alpha value is -3.81. The molecule has 3 amide bonds. The van der Waals surface area contributed by atoms with Gasteiger partial charge in [-0.15, -0.1) is 0 Å². The lowest BCUT2D eigenvalue weighted by Gasteiger charge is -2.34. The van der Waals surface area contributed by atoms with Crippen molar-refractivity contribution in [1.82, 2.24) is 20.1 Å². The van der Waals surface area contributed by atoms with Crippen LogP contribution < -0.4 is 15.4 Å². The van der Waals surface area contributed by atoms with Gasteiger partial charge in [0.2, 0.25) is 15.7 Å². The first kappa shape index (κ1) is 34.1. The van der Waals surface area contributed by atoms with Gasteiger partial charge in [0.1, 0.15) is 9.96 Å². The second kappa shape index (κ2) is 13.7. The van der Waals surface area contributed by atoms with E-state index in [1.54, 1.807) is 28.9 Å². The van der Waals surface area contributed by atoms with Crippen LogP contribution in [-0.4, -0.2) is 80.3 Å². The van der Waals surface area contributed by atoms with E-state index in [2.05, 4.69) is 43.3 Å². The fraction of sp³-hybridized carbons (Fsp3) is 0.438. The summed E-state index contributed by atoms with van der Waals surface area (Å²) in [5, 5.41) is 6.31. The second-order valence-corrected chi connectivity index (χ2v) is 15.4. The summed E-state index contributed by atoms with van der Waals surface area (Å²) in [6.45, 7) is 13.9. The number of piperazine rings is 1. The summed E-state index contributed by atoms with van der Waals surface area (Å²) in [5.74, 6) is -0.590. The van der Waals surface area contributed by atoms with Crippen molar-refractivity contribution in [2.24, 2.45) is 5.41 Å². The number of benzene rings is 2. The average molecular weight is 656 g/mol. The van der Waals surface area contributed by atoms with Gasteiger partial charge in [0.05, 0.1) is 23.8 Å². The number of aryl methyl sites for hydroxylation is 1. The monoisotopic (exact) mass is 655 g/mol. The molecule has 1 saturated heterocycles. The fourth-order valence-electron chi connectivity index (χ4n) is 4.75. The molecule has 1 unspecified atom stereocenters. The van der Waals surface area contributed by atoms with E-state index in [0.717, 1.165) is 16.9 Å². The van der Waals surface area contributed by atoms with Crippen molar-refractivity contribution >= 4 is 44.0 Å². The Morgan fingerprint density at radius 3 is 2.24 bits per heavy atom. The van der Waals surface area contributed by atoms with Gasteiger partial charge in [0, 0.05) is 51.3 Å². The zero-order chi connectivity index (χ0) is 33.1. The first-order chi connectivity index (χ1) is 21.1. The number of rotatable bonds is 9. The molecule has 1 aliphatic rings. The van der Waals surface area contributed by atoms with E-state index >= 15 is 0 Å². The van der Waals surface area contributed by atoms with Gasteiger partial charge in [-0.2, -0.15) is 0 Å². The van der Waals surface area contributed by atoms with E-state index in [0.29, 0.717) is 49.9 Å². The molecule has 0 bridgehead atoms. The highest BCUT2D eigenvalue weighted by Gasteiger charge is 2.30. The molecule has 0 saturated carbocycles. The molecule has 11 nitrogen and oxygen atoms in total. The van der Waals surface area contributed by atoms with Crippen LogP contribution in [0, 0.1) is 12.3 Å². The molecule has 13 heteroatoms. The summed E-state index contributed by atoms with van der Waals surface area (Å²) >= 11 is 0.833. The van der Waals surface area contributed by atoms with Crippen LogP contribution in [0.5, 0.6) is 5.75 Å². The SMILES string of the molecule is COc1cc(C)c(S(=O)(=O)c2cnc(NC(=O)c3ccc(CNC(C)C(C)(C)C)cc3)s2)cc1C(=O)N1CCN(C(C)=O)CC1. The number of ether oxygens (including phenoxy) is 1. The summed E-state index contributed by atoms with van der Waals surface area (Å²) in [5.41, 5.74) is 2.09. The van der Waals surface area contributed by atoms with Gasteiger partial charge < -0.3 is 19.9 Å². The van der Waals surface area contributed by atoms with Crippen LogP contribution in [-0.2, 0) is 21.2 Å². The largest absolute Gasteiger partial charge is 0.496 e. The number of aromatic nitrogens is 1. The molecular weight excluding hydrogens is 615 g/mol. The van der Waals surface area contributed by atoms with Crippen LogP contribution in [0.25, 0.3) is 0 Å². The molecule has 0 aliphatic carbocycles. The number of carbonyl (C=O) groups excluding carboxylic acids is 3. The smallest absolute Gasteiger partial charge is 0.257 e. The number of nitrogens with one attached hydrogen (secondary N) is 2. The number of methoxy groups -OCH3 is 1. The van der Waals surface area contributed by atoms with Crippen molar-refractivity contribution in [3.63, 3.8) is 0 Å². The predicted molar refractivity (Wildman–Crippen MR) is 174 cm³/mol. The maximum atomic E-state index is 13.7. The lowest BCUT2D eigenvalue weighted by atomic mass is 9.88. The van der Waals surface area contributed by atoms with Gasteiger partial charge in [-0.3, -0.25) is 19.7 Å². The minimum absolute atomic E-state index is 0.0551. The lowest BCUT2D eigenvalue weighted by molar-refractivity contribution is -0.130. The number of amides is 3. The van der Waals surface area contributed by atoms with Crippen LogP contribution in [0.2, 0.25) is 0 Å². The lowest BCUT2D eigenvalue weighted by Crippen LogP contribution is -2.50. The second-order valence-electron chi connectivity index (χ2n) is 12.2. The average Bonchev–Trinajstić information content (AvgIpc) is 3.48. The minimum atomic E-state index is -4.09. The first-order valence-electron chi connectivity index (χ1n) is 14.7. The van der Waals surface area contributed by atoms with Crippen LogP contribution in [0.1, 0.15) is 66.5 Å². The quantitative estimate of drug-likeness (QED) is 0.347. The summed E-state index contributed by atoms with van der Waals surface area (Å²) in [6, 6.07) is 10.4. The highest BCUT2D eigenvalue weighted by atomic mass is 32.2. The molecule has 3 aromatic rings. The number of thiazole rings is 1. The van der Waals surface area contributed by atoms with Crippen molar-refractivity contribution in [1.29, 1.82) is 0 Å². The van der Waals surface area contributed by atoms with Gasteiger partial charge in [-0.25, -0.2) is 13.4 Å². The number of hydrogen-bond acceptors (Lipinski definition) is 9. The number of hydrogen-bond donors (Lipinski definition) is 2. The van der Waals surface area contributed by atoms with Crippen LogP contribution in [0.3, 0.4) is 0 Å². The fourth-order valence-corrected chi connectivity index (χ4v) is 7.41. The van der Waals surface area contributed by atoms with Gasteiger partial charge in [-0.05, 0) is 54.7 Å². The molecule has 0 spiro atoms. The molecule has 2 aromatic carbocycles. The first-order valence-corrected chi connectivity index (χ1v) is 17.0. The predicted octanol–water partition coefficient (Wildman–Crippen LogP) is 4.37. The third-order valence-corrected chi connectivity index (χ3v) is 11.4. The van der Waals surface area contributed by atoms with E-state index in [1.165, 1.54) is 32.4 Å². The Bertz CT molecular complexity index is 1670. The maximum Gasteiger partial charge on any atom is 0.257 e. The van der Waals surface area contributed by atoms with E-state index in [9.17, 15) is 22.8 Å². The van der Waals surface area contributed by atoms with Crippen molar-refractivity contribution in [2.45, 2.75) is 63.2 Å². The van der Waals surface area contributed by atoms with Gasteiger partial charge in [-0.1, -0.05) is 44.2 Å². The molecule has 0 radical (unpaired) electrons. The van der Waals surface area contributed by atoms with Crippen molar-refractivity contribution in [3.05, 3.63) is 64.8 Å². The summed E-state index contributed by atoms with van der Waals surface area (Å²) in [7, 11) is -2.67. The van der Waals surface area contributed by atoms with Gasteiger partial charge in [0.25, 0.3) is 11.8 Å². The number of sulfone groups is 1. The molecule has 4 rings (SSSR count). The Kier molecular flexibility index (Phi) is 10.4. The maximum absolute atomic E-state index is 13.7.